The molecule has 0 bridgehead atoms. The molecule has 3 aromatic rings. The Morgan fingerprint density at radius 2 is 1.50 bits per heavy atom. The fourth-order valence-electron chi connectivity index (χ4n) is 3.35. The molecule has 0 fully saturated rings. The molecule has 0 amide bonds. The molecule has 136 valence electrons. The van der Waals surface area contributed by atoms with Gasteiger partial charge in [-0.05, 0) is 44.5 Å². The summed E-state index contributed by atoms with van der Waals surface area (Å²) >= 11 is 0. The van der Waals surface area contributed by atoms with E-state index in [9.17, 15) is 0 Å². The average Bonchev–Trinajstić information content (AvgIpc) is 3.02. The largest absolute Gasteiger partial charge is 0.493 e. The lowest BCUT2D eigenvalue weighted by molar-refractivity contribution is 0.302. The monoisotopic (exact) mass is 350 g/mol. The van der Waals surface area contributed by atoms with E-state index in [1.54, 1.807) is 0 Å². The van der Waals surface area contributed by atoms with Crippen molar-refractivity contribution in [1.29, 1.82) is 0 Å². The van der Waals surface area contributed by atoms with Gasteiger partial charge in [-0.25, -0.2) is 0 Å². The molecule has 3 rings (SSSR count). The highest BCUT2D eigenvalue weighted by Gasteiger charge is 2.16. The van der Waals surface area contributed by atoms with Crippen molar-refractivity contribution in [3.8, 4) is 24.0 Å². The van der Waals surface area contributed by atoms with E-state index in [2.05, 4.69) is 19.1 Å². The molecule has 2 aromatic carbocycles. The minimum absolute atomic E-state index is 0.653. The number of hydrogen-bond donors (Lipinski definition) is 0. The zero-order valence-electron chi connectivity index (χ0n) is 15.9. The van der Waals surface area contributed by atoms with Crippen LogP contribution in [0.5, 0.6) is 11.5 Å². The Morgan fingerprint density at radius 3 is 2.15 bits per heavy atom. The maximum atomic E-state index is 6.17. The van der Waals surface area contributed by atoms with Gasteiger partial charge in [-0.1, -0.05) is 39.0 Å². The second kappa shape index (κ2) is 8.19. The van der Waals surface area contributed by atoms with Crippen LogP contribution in [0.4, 0.5) is 0 Å². The van der Waals surface area contributed by atoms with Crippen molar-refractivity contribution < 1.29 is 13.9 Å². The Hall–Kier alpha value is -2.60. The Bertz CT molecular complexity index is 944. The Balaban J connectivity index is 1.85. The van der Waals surface area contributed by atoms with E-state index in [1.807, 2.05) is 32.0 Å². The van der Waals surface area contributed by atoms with Gasteiger partial charge in [0.2, 0.25) is 0 Å². The van der Waals surface area contributed by atoms with Crippen molar-refractivity contribution in [2.24, 2.45) is 0 Å². The quantitative estimate of drug-likeness (QED) is 0.342. The summed E-state index contributed by atoms with van der Waals surface area (Å²) in [6.45, 7) is 6.98. The van der Waals surface area contributed by atoms with Crippen molar-refractivity contribution in [2.75, 3.05) is 6.61 Å². The molecular weight excluding hydrogens is 324 g/mol. The first-order chi connectivity index (χ1) is 12.7. The number of fused-ring (bicyclic) bond motifs is 3. The van der Waals surface area contributed by atoms with Crippen molar-refractivity contribution >= 4 is 21.9 Å². The third kappa shape index (κ3) is 3.51. The maximum absolute atomic E-state index is 6.17. The summed E-state index contributed by atoms with van der Waals surface area (Å²) in [4.78, 5) is 0. The Morgan fingerprint density at radius 1 is 0.885 bits per heavy atom. The molecule has 0 saturated carbocycles. The van der Waals surface area contributed by atoms with Crippen LogP contribution >= 0.6 is 0 Å². The van der Waals surface area contributed by atoms with Gasteiger partial charge >= 0.3 is 0 Å². The molecule has 0 aliphatic carbocycles. The van der Waals surface area contributed by atoms with Gasteiger partial charge in [0.05, 0.1) is 6.61 Å². The Kier molecular flexibility index (Phi) is 5.73. The fraction of sp³-hybridized carbons (Fsp3) is 0.391. The zero-order chi connectivity index (χ0) is 18.5. The van der Waals surface area contributed by atoms with Gasteiger partial charge in [0.1, 0.15) is 28.8 Å². The molecule has 3 nitrogen and oxygen atoms in total. The number of hydrogen-bond acceptors (Lipinski definition) is 3. The standard InChI is InChI=1S/C23H26O3/c1-5-7-8-9-10-15-25-21-14-12-19-18-11-13-20(24-6-2)16(3)22(18)26-23(19)17(21)4/h2,11-14H,5,7-10,15H2,1,3-4H3. The van der Waals surface area contributed by atoms with E-state index in [4.69, 9.17) is 20.3 Å². The zero-order valence-corrected chi connectivity index (χ0v) is 15.9. The average molecular weight is 350 g/mol. The van der Waals surface area contributed by atoms with Gasteiger partial charge in [0.15, 0.2) is 0 Å². The number of unbranched alkanes of at least 4 members (excludes halogenated alkanes) is 4. The lowest BCUT2D eigenvalue weighted by atomic mass is 10.1. The normalized spacial score (nSPS) is 11.0. The first kappa shape index (κ1) is 18.2. The molecule has 0 spiro atoms. The predicted octanol–water partition coefficient (Wildman–Crippen LogP) is 6.52. The third-order valence-corrected chi connectivity index (χ3v) is 4.88. The number of aryl methyl sites for hydroxylation is 2. The Labute approximate surface area is 155 Å². The highest BCUT2D eigenvalue weighted by molar-refractivity contribution is 6.07. The molecule has 0 radical (unpaired) electrons. The van der Waals surface area contributed by atoms with Crippen LogP contribution in [-0.4, -0.2) is 6.61 Å². The maximum Gasteiger partial charge on any atom is 0.146 e. The van der Waals surface area contributed by atoms with Crippen LogP contribution in [0, 0.1) is 26.4 Å². The highest BCUT2D eigenvalue weighted by Crippen LogP contribution is 2.38. The second-order valence-electron chi connectivity index (χ2n) is 6.72. The first-order valence-corrected chi connectivity index (χ1v) is 9.38. The van der Waals surface area contributed by atoms with E-state index in [0.717, 1.165) is 51.8 Å². The summed E-state index contributed by atoms with van der Waals surface area (Å²) < 4.78 is 17.4. The molecule has 0 N–H and O–H groups in total. The molecule has 0 saturated heterocycles. The lowest BCUT2D eigenvalue weighted by Crippen LogP contribution is -1.98. The van der Waals surface area contributed by atoms with Crippen molar-refractivity contribution in [2.45, 2.75) is 52.9 Å². The van der Waals surface area contributed by atoms with Gasteiger partial charge in [-0.15, -0.1) is 0 Å². The molecule has 1 aromatic heterocycles. The minimum atomic E-state index is 0.653. The summed E-state index contributed by atoms with van der Waals surface area (Å²) in [5.74, 6) is 1.55. The van der Waals surface area contributed by atoms with Crippen LogP contribution in [0.15, 0.2) is 28.7 Å². The number of furan rings is 1. The highest BCUT2D eigenvalue weighted by atomic mass is 16.5. The van der Waals surface area contributed by atoms with E-state index in [1.165, 1.54) is 25.7 Å². The predicted molar refractivity (Wildman–Crippen MR) is 107 cm³/mol. The van der Waals surface area contributed by atoms with Crippen molar-refractivity contribution in [3.05, 3.63) is 35.4 Å². The van der Waals surface area contributed by atoms with E-state index < -0.39 is 0 Å². The number of ether oxygens (including phenoxy) is 2. The second-order valence-corrected chi connectivity index (χ2v) is 6.72. The minimum Gasteiger partial charge on any atom is -0.493 e. The molecule has 0 atom stereocenters. The SMILES string of the molecule is C#COc1ccc2c(oc3c(C)c(OCCCCCCC)ccc32)c1C. The molecule has 0 unspecified atom stereocenters. The topological polar surface area (TPSA) is 31.6 Å². The van der Waals surface area contributed by atoms with E-state index in [-0.39, 0.29) is 0 Å². The van der Waals surface area contributed by atoms with Crippen LogP contribution in [0.1, 0.15) is 50.2 Å². The van der Waals surface area contributed by atoms with Crippen LogP contribution in [0.3, 0.4) is 0 Å². The van der Waals surface area contributed by atoms with Gasteiger partial charge < -0.3 is 13.9 Å². The summed E-state index contributed by atoms with van der Waals surface area (Å²) in [6.07, 6.45) is 13.6. The molecular formula is C23H26O3. The van der Waals surface area contributed by atoms with Crippen molar-refractivity contribution in [1.82, 2.24) is 0 Å². The first-order valence-electron chi connectivity index (χ1n) is 9.38. The summed E-state index contributed by atoms with van der Waals surface area (Å²) in [5.41, 5.74) is 3.62. The number of terminal acetylenes is 1. The van der Waals surface area contributed by atoms with Crippen LogP contribution in [-0.2, 0) is 0 Å². The van der Waals surface area contributed by atoms with Crippen LogP contribution in [0.2, 0.25) is 0 Å². The van der Waals surface area contributed by atoms with Crippen LogP contribution < -0.4 is 9.47 Å². The molecule has 0 aliphatic heterocycles. The fourth-order valence-corrected chi connectivity index (χ4v) is 3.35. The number of benzene rings is 2. The van der Waals surface area contributed by atoms with E-state index in [0.29, 0.717) is 5.75 Å². The van der Waals surface area contributed by atoms with Gasteiger partial charge in [0, 0.05) is 21.9 Å². The number of rotatable bonds is 8. The van der Waals surface area contributed by atoms with E-state index >= 15 is 0 Å². The van der Waals surface area contributed by atoms with Crippen molar-refractivity contribution in [3.63, 3.8) is 0 Å². The lowest BCUT2D eigenvalue weighted by Gasteiger charge is -2.09. The van der Waals surface area contributed by atoms with Crippen LogP contribution in [0.25, 0.3) is 21.9 Å². The summed E-state index contributed by atoms with van der Waals surface area (Å²) in [5, 5.41) is 2.15. The molecule has 3 heteroatoms. The smallest absolute Gasteiger partial charge is 0.146 e. The summed E-state index contributed by atoms with van der Waals surface area (Å²) in [7, 11) is 0. The molecule has 1 heterocycles. The summed E-state index contributed by atoms with van der Waals surface area (Å²) in [6, 6.07) is 8.00. The van der Waals surface area contributed by atoms with Gasteiger partial charge in [-0.2, -0.15) is 0 Å². The van der Waals surface area contributed by atoms with Gasteiger partial charge in [-0.3, -0.25) is 0 Å². The van der Waals surface area contributed by atoms with Gasteiger partial charge in [0.25, 0.3) is 0 Å². The molecule has 0 aliphatic rings. The molecule has 26 heavy (non-hydrogen) atoms. The third-order valence-electron chi connectivity index (χ3n) is 4.88.